The second kappa shape index (κ2) is 6.67. The van der Waals surface area contributed by atoms with Crippen LogP contribution in [0.1, 0.15) is 39.5 Å². The van der Waals surface area contributed by atoms with E-state index in [2.05, 4.69) is 0 Å². The van der Waals surface area contributed by atoms with Crippen molar-refractivity contribution in [2.24, 2.45) is 5.92 Å². The van der Waals surface area contributed by atoms with Gasteiger partial charge >= 0.3 is 5.97 Å². The predicted molar refractivity (Wildman–Crippen MR) is 73.0 cm³/mol. The minimum absolute atomic E-state index is 0.0793. The minimum Gasteiger partial charge on any atom is -0.481 e. The lowest BCUT2D eigenvalue weighted by molar-refractivity contribution is -0.137. The molecular formula is C12H24N2O4S. The normalized spacial score (nSPS) is 22.1. The van der Waals surface area contributed by atoms with Gasteiger partial charge < -0.3 is 5.11 Å². The number of rotatable bonds is 6. The van der Waals surface area contributed by atoms with Crippen LogP contribution < -0.4 is 0 Å². The Bertz CT molecular complexity index is 408. The molecule has 0 amide bonds. The SMILES string of the molecule is CC(C)N(C)S(=O)(=O)N1CCCC(CCC(=O)O)C1. The maximum atomic E-state index is 12.3. The summed E-state index contributed by atoms with van der Waals surface area (Å²) in [5.41, 5.74) is 0. The van der Waals surface area contributed by atoms with Crippen LogP contribution in [-0.4, -0.2) is 54.3 Å². The van der Waals surface area contributed by atoms with Crippen LogP contribution in [-0.2, 0) is 15.0 Å². The van der Waals surface area contributed by atoms with Gasteiger partial charge in [-0.2, -0.15) is 17.0 Å². The predicted octanol–water partition coefficient (Wildman–Crippen LogP) is 1.15. The summed E-state index contributed by atoms with van der Waals surface area (Å²) in [7, 11) is -1.83. The molecular weight excluding hydrogens is 268 g/mol. The number of carboxylic acid groups (broad SMARTS) is 1. The van der Waals surface area contributed by atoms with Gasteiger partial charge in [-0.25, -0.2) is 0 Å². The van der Waals surface area contributed by atoms with Crippen molar-refractivity contribution >= 4 is 16.2 Å². The number of piperidine rings is 1. The molecule has 0 radical (unpaired) electrons. The number of aliphatic carboxylic acids is 1. The van der Waals surface area contributed by atoms with Crippen LogP contribution in [0.2, 0.25) is 0 Å². The third-order valence-electron chi connectivity index (χ3n) is 3.67. The molecule has 1 heterocycles. The molecule has 112 valence electrons. The lowest BCUT2D eigenvalue weighted by Crippen LogP contribution is -2.48. The summed E-state index contributed by atoms with van der Waals surface area (Å²) in [6.45, 7) is 4.64. The van der Waals surface area contributed by atoms with Gasteiger partial charge in [0.25, 0.3) is 10.2 Å². The van der Waals surface area contributed by atoms with Crippen molar-refractivity contribution in [1.29, 1.82) is 0 Å². The summed E-state index contributed by atoms with van der Waals surface area (Å²) in [4.78, 5) is 10.6. The van der Waals surface area contributed by atoms with Crippen LogP contribution in [0.25, 0.3) is 0 Å². The Kier molecular flexibility index (Phi) is 5.76. The average Bonchev–Trinajstić information content (AvgIpc) is 2.35. The van der Waals surface area contributed by atoms with E-state index in [1.54, 1.807) is 7.05 Å². The van der Waals surface area contributed by atoms with Crippen molar-refractivity contribution in [3.63, 3.8) is 0 Å². The third kappa shape index (κ3) is 4.43. The van der Waals surface area contributed by atoms with Gasteiger partial charge in [0.15, 0.2) is 0 Å². The molecule has 0 aliphatic carbocycles. The van der Waals surface area contributed by atoms with Crippen molar-refractivity contribution in [3.05, 3.63) is 0 Å². The molecule has 0 aromatic carbocycles. The van der Waals surface area contributed by atoms with Gasteiger partial charge in [-0.15, -0.1) is 0 Å². The fraction of sp³-hybridized carbons (Fsp3) is 0.917. The van der Waals surface area contributed by atoms with Crippen molar-refractivity contribution in [3.8, 4) is 0 Å². The molecule has 6 nitrogen and oxygen atoms in total. The lowest BCUT2D eigenvalue weighted by Gasteiger charge is -2.35. The van der Waals surface area contributed by atoms with Gasteiger partial charge in [0.2, 0.25) is 0 Å². The molecule has 7 heteroatoms. The Morgan fingerprint density at radius 3 is 2.63 bits per heavy atom. The van der Waals surface area contributed by atoms with Gasteiger partial charge in [-0.05, 0) is 39.0 Å². The smallest absolute Gasteiger partial charge is 0.303 e. The molecule has 1 aliphatic rings. The van der Waals surface area contributed by atoms with Crippen LogP contribution in [0.15, 0.2) is 0 Å². The molecule has 1 N–H and O–H groups in total. The Balaban J connectivity index is 2.66. The molecule has 0 spiro atoms. The van der Waals surface area contributed by atoms with Crippen molar-refractivity contribution in [2.75, 3.05) is 20.1 Å². The molecule has 1 saturated heterocycles. The molecule has 0 saturated carbocycles. The standard InChI is InChI=1S/C12H24N2O4S/c1-10(2)13(3)19(17,18)14-8-4-5-11(9-14)6-7-12(15)16/h10-11H,4-9H2,1-3H3,(H,15,16). The van der Waals surface area contributed by atoms with Crippen LogP contribution in [0.5, 0.6) is 0 Å². The summed E-state index contributed by atoms with van der Waals surface area (Å²) >= 11 is 0. The number of hydrogen-bond donors (Lipinski definition) is 1. The number of carbonyl (C=O) groups is 1. The quantitative estimate of drug-likeness (QED) is 0.796. The molecule has 1 rings (SSSR count). The molecule has 1 unspecified atom stereocenters. The topological polar surface area (TPSA) is 77.9 Å². The Hall–Kier alpha value is -0.660. The summed E-state index contributed by atoms with van der Waals surface area (Å²) in [5, 5.41) is 8.69. The first kappa shape index (κ1) is 16.4. The lowest BCUT2D eigenvalue weighted by atomic mass is 9.95. The van der Waals surface area contributed by atoms with E-state index in [0.717, 1.165) is 12.8 Å². The van der Waals surface area contributed by atoms with E-state index in [-0.39, 0.29) is 18.4 Å². The highest BCUT2D eigenvalue weighted by atomic mass is 32.2. The molecule has 19 heavy (non-hydrogen) atoms. The zero-order chi connectivity index (χ0) is 14.6. The van der Waals surface area contributed by atoms with Crippen molar-refractivity contribution < 1.29 is 18.3 Å². The monoisotopic (exact) mass is 292 g/mol. The highest BCUT2D eigenvalue weighted by molar-refractivity contribution is 7.86. The molecule has 1 atom stereocenters. The van der Waals surface area contributed by atoms with E-state index in [4.69, 9.17) is 5.11 Å². The maximum absolute atomic E-state index is 12.3. The third-order valence-corrected chi connectivity index (χ3v) is 5.80. The number of nitrogens with zero attached hydrogens (tertiary/aromatic N) is 2. The van der Waals surface area contributed by atoms with Crippen molar-refractivity contribution in [2.45, 2.75) is 45.6 Å². The molecule has 0 bridgehead atoms. The fourth-order valence-electron chi connectivity index (χ4n) is 2.25. The molecule has 0 aromatic rings. The Morgan fingerprint density at radius 2 is 2.11 bits per heavy atom. The van der Waals surface area contributed by atoms with Gasteiger partial charge in [-0.3, -0.25) is 4.79 Å². The van der Waals surface area contributed by atoms with Gasteiger partial charge in [0.1, 0.15) is 0 Å². The summed E-state index contributed by atoms with van der Waals surface area (Å²) in [5.74, 6) is -0.667. The second-order valence-electron chi connectivity index (χ2n) is 5.42. The largest absolute Gasteiger partial charge is 0.481 e. The first-order valence-electron chi connectivity index (χ1n) is 6.70. The highest BCUT2D eigenvalue weighted by Gasteiger charge is 2.32. The Morgan fingerprint density at radius 1 is 1.47 bits per heavy atom. The van der Waals surface area contributed by atoms with Crippen LogP contribution >= 0.6 is 0 Å². The zero-order valence-corrected chi connectivity index (χ0v) is 12.7. The van der Waals surface area contributed by atoms with Gasteiger partial charge in [-0.1, -0.05) is 0 Å². The second-order valence-corrected chi connectivity index (χ2v) is 7.40. The van der Waals surface area contributed by atoms with E-state index < -0.39 is 16.2 Å². The fourth-order valence-corrected chi connectivity index (χ4v) is 3.90. The number of hydrogen-bond acceptors (Lipinski definition) is 3. The van der Waals surface area contributed by atoms with Crippen LogP contribution in [0.4, 0.5) is 0 Å². The van der Waals surface area contributed by atoms with E-state index >= 15 is 0 Å². The van der Waals surface area contributed by atoms with Crippen molar-refractivity contribution in [1.82, 2.24) is 8.61 Å². The van der Waals surface area contributed by atoms with Gasteiger partial charge in [0.05, 0.1) is 0 Å². The molecule has 1 aliphatic heterocycles. The first-order chi connectivity index (χ1) is 8.75. The molecule has 1 fully saturated rings. The maximum Gasteiger partial charge on any atom is 0.303 e. The van der Waals surface area contributed by atoms with E-state index in [9.17, 15) is 13.2 Å². The van der Waals surface area contributed by atoms with E-state index in [0.29, 0.717) is 19.5 Å². The van der Waals surface area contributed by atoms with E-state index in [1.165, 1.54) is 8.61 Å². The average molecular weight is 292 g/mol. The molecule has 0 aromatic heterocycles. The first-order valence-corrected chi connectivity index (χ1v) is 8.09. The van der Waals surface area contributed by atoms with E-state index in [1.807, 2.05) is 13.8 Å². The van der Waals surface area contributed by atoms with Crippen LogP contribution in [0.3, 0.4) is 0 Å². The minimum atomic E-state index is -3.41. The van der Waals surface area contributed by atoms with Gasteiger partial charge in [0, 0.05) is 32.6 Å². The summed E-state index contributed by atoms with van der Waals surface area (Å²) in [6.07, 6.45) is 2.37. The summed E-state index contributed by atoms with van der Waals surface area (Å²) in [6, 6.07) is -0.0793. The highest BCUT2D eigenvalue weighted by Crippen LogP contribution is 2.24. The zero-order valence-electron chi connectivity index (χ0n) is 11.9. The Labute approximate surface area is 115 Å². The summed E-state index contributed by atoms with van der Waals surface area (Å²) < 4.78 is 27.5. The van der Waals surface area contributed by atoms with Crippen LogP contribution in [0, 0.1) is 5.92 Å². The number of carboxylic acids is 1.